The molecule has 0 radical (unpaired) electrons. The number of likely N-dealkylation sites (tertiary alicyclic amines) is 1. The molecule has 1 fully saturated rings. The molecule has 2 amide bonds. The van der Waals surface area contributed by atoms with Gasteiger partial charge in [-0.2, -0.15) is 10.4 Å². The number of piperidine rings is 1. The summed E-state index contributed by atoms with van der Waals surface area (Å²) in [5.74, 6) is -0.0796. The van der Waals surface area contributed by atoms with E-state index < -0.39 is 0 Å². The van der Waals surface area contributed by atoms with Crippen LogP contribution in [-0.2, 0) is 16.1 Å². The van der Waals surface area contributed by atoms with Gasteiger partial charge in [0.25, 0.3) is 0 Å². The van der Waals surface area contributed by atoms with Crippen LogP contribution in [0.25, 0.3) is 0 Å². The van der Waals surface area contributed by atoms with Crippen molar-refractivity contribution >= 4 is 17.6 Å². The number of nitriles is 1. The molecule has 1 aromatic heterocycles. The predicted octanol–water partition coefficient (Wildman–Crippen LogP) is 2.26. The molecule has 0 saturated carbocycles. The standard InChI is InChI=1S/C19H21N5O2/c1-13-3-5-14(6-4-13)18-15(7-8-17(25)23(18)2)19(26)21-16-9-11-24(22-16)12-10-20/h3-6,9,11,15,18H,7-8,12H2,1-2H3,(H,21,22,26). The highest BCUT2D eigenvalue weighted by molar-refractivity contribution is 5.94. The highest BCUT2D eigenvalue weighted by atomic mass is 16.2. The van der Waals surface area contributed by atoms with Gasteiger partial charge in [-0.3, -0.25) is 14.3 Å². The van der Waals surface area contributed by atoms with E-state index in [-0.39, 0.29) is 30.3 Å². The zero-order valence-corrected chi connectivity index (χ0v) is 14.8. The van der Waals surface area contributed by atoms with Crippen molar-refractivity contribution in [1.82, 2.24) is 14.7 Å². The molecule has 1 aromatic carbocycles. The van der Waals surface area contributed by atoms with Crippen LogP contribution < -0.4 is 5.32 Å². The van der Waals surface area contributed by atoms with Crippen molar-refractivity contribution in [1.29, 1.82) is 5.26 Å². The third kappa shape index (κ3) is 3.59. The van der Waals surface area contributed by atoms with Gasteiger partial charge in [0.1, 0.15) is 6.54 Å². The minimum absolute atomic E-state index is 0.0397. The van der Waals surface area contributed by atoms with E-state index in [1.807, 2.05) is 37.3 Å². The summed E-state index contributed by atoms with van der Waals surface area (Å²) in [4.78, 5) is 26.7. The fourth-order valence-corrected chi connectivity index (χ4v) is 3.34. The molecule has 0 spiro atoms. The molecule has 0 aliphatic carbocycles. The van der Waals surface area contributed by atoms with Gasteiger partial charge in [-0.25, -0.2) is 0 Å². The average molecular weight is 351 g/mol. The van der Waals surface area contributed by atoms with E-state index in [9.17, 15) is 9.59 Å². The summed E-state index contributed by atoms with van der Waals surface area (Å²) in [5.41, 5.74) is 2.07. The first-order valence-electron chi connectivity index (χ1n) is 8.53. The first-order valence-corrected chi connectivity index (χ1v) is 8.53. The van der Waals surface area contributed by atoms with Crippen LogP contribution in [-0.4, -0.2) is 33.5 Å². The first-order chi connectivity index (χ1) is 12.5. The van der Waals surface area contributed by atoms with E-state index in [0.29, 0.717) is 18.7 Å². The van der Waals surface area contributed by atoms with Gasteiger partial charge in [0.05, 0.1) is 18.0 Å². The maximum absolute atomic E-state index is 12.9. The van der Waals surface area contributed by atoms with Crippen LogP contribution in [0.2, 0.25) is 0 Å². The molecule has 7 heteroatoms. The number of rotatable bonds is 4. The quantitative estimate of drug-likeness (QED) is 0.915. The van der Waals surface area contributed by atoms with E-state index in [1.165, 1.54) is 4.68 Å². The van der Waals surface area contributed by atoms with E-state index in [4.69, 9.17) is 5.26 Å². The van der Waals surface area contributed by atoms with Crippen LogP contribution in [0.1, 0.15) is 30.0 Å². The van der Waals surface area contributed by atoms with Crippen molar-refractivity contribution in [2.24, 2.45) is 5.92 Å². The molecule has 2 heterocycles. The molecule has 1 aliphatic heterocycles. The van der Waals surface area contributed by atoms with Gasteiger partial charge >= 0.3 is 0 Å². The lowest BCUT2D eigenvalue weighted by molar-refractivity contribution is -0.140. The van der Waals surface area contributed by atoms with Gasteiger partial charge < -0.3 is 10.2 Å². The smallest absolute Gasteiger partial charge is 0.231 e. The van der Waals surface area contributed by atoms with Crippen molar-refractivity contribution in [3.8, 4) is 6.07 Å². The van der Waals surface area contributed by atoms with Crippen molar-refractivity contribution in [2.75, 3.05) is 12.4 Å². The number of nitrogens with zero attached hydrogens (tertiary/aromatic N) is 4. The molecule has 26 heavy (non-hydrogen) atoms. The lowest BCUT2D eigenvalue weighted by atomic mass is 9.83. The third-order valence-corrected chi connectivity index (χ3v) is 4.74. The number of anilines is 1. The number of nitrogens with one attached hydrogen (secondary N) is 1. The molecule has 3 rings (SSSR count). The largest absolute Gasteiger partial charge is 0.338 e. The number of amides is 2. The Balaban J connectivity index is 1.82. The SMILES string of the molecule is Cc1ccc(C2C(C(=O)Nc3ccn(CC#N)n3)CCC(=O)N2C)cc1. The van der Waals surface area contributed by atoms with E-state index in [1.54, 1.807) is 24.2 Å². The Morgan fingerprint density at radius 1 is 1.35 bits per heavy atom. The Bertz CT molecular complexity index is 850. The minimum Gasteiger partial charge on any atom is -0.338 e. The summed E-state index contributed by atoms with van der Waals surface area (Å²) in [6.07, 6.45) is 2.49. The Morgan fingerprint density at radius 2 is 2.08 bits per heavy atom. The van der Waals surface area contributed by atoms with Crippen LogP contribution in [0, 0.1) is 24.2 Å². The van der Waals surface area contributed by atoms with Crippen LogP contribution in [0.5, 0.6) is 0 Å². The molecule has 2 unspecified atom stereocenters. The van der Waals surface area contributed by atoms with Crippen LogP contribution in [0.3, 0.4) is 0 Å². The second kappa shape index (κ2) is 7.40. The van der Waals surface area contributed by atoms with Gasteiger partial charge in [0, 0.05) is 25.7 Å². The zero-order chi connectivity index (χ0) is 18.7. The highest BCUT2D eigenvalue weighted by Crippen LogP contribution is 2.36. The Labute approximate surface area is 152 Å². The van der Waals surface area contributed by atoms with Gasteiger partial charge in [-0.05, 0) is 18.9 Å². The van der Waals surface area contributed by atoms with Crippen molar-refractivity contribution < 1.29 is 9.59 Å². The van der Waals surface area contributed by atoms with E-state index >= 15 is 0 Å². The number of benzene rings is 1. The molecule has 134 valence electrons. The number of carbonyl (C=O) groups excluding carboxylic acids is 2. The predicted molar refractivity (Wildman–Crippen MR) is 95.9 cm³/mol. The van der Waals surface area contributed by atoms with Crippen LogP contribution in [0.15, 0.2) is 36.5 Å². The van der Waals surface area contributed by atoms with E-state index in [0.717, 1.165) is 11.1 Å². The Hall–Kier alpha value is -3.14. The van der Waals surface area contributed by atoms with Crippen molar-refractivity contribution in [2.45, 2.75) is 32.4 Å². The Kier molecular flexibility index (Phi) is 5.03. The number of aromatic nitrogens is 2. The lowest BCUT2D eigenvalue weighted by Crippen LogP contribution is -2.44. The maximum atomic E-state index is 12.9. The number of hydrogen-bond acceptors (Lipinski definition) is 4. The monoisotopic (exact) mass is 351 g/mol. The lowest BCUT2D eigenvalue weighted by Gasteiger charge is -2.38. The number of aryl methyl sites for hydroxylation is 1. The van der Waals surface area contributed by atoms with Gasteiger partial charge in [-0.15, -0.1) is 0 Å². The summed E-state index contributed by atoms with van der Waals surface area (Å²) in [5, 5.41) is 15.7. The first kappa shape index (κ1) is 17.7. The second-order valence-electron chi connectivity index (χ2n) is 6.55. The number of carbonyl (C=O) groups is 2. The van der Waals surface area contributed by atoms with Gasteiger partial charge in [0.2, 0.25) is 11.8 Å². The van der Waals surface area contributed by atoms with Gasteiger partial charge in [0.15, 0.2) is 5.82 Å². The highest BCUT2D eigenvalue weighted by Gasteiger charge is 2.39. The molecule has 1 aliphatic rings. The maximum Gasteiger partial charge on any atom is 0.231 e. The van der Waals surface area contributed by atoms with E-state index in [2.05, 4.69) is 10.4 Å². The fourth-order valence-electron chi connectivity index (χ4n) is 3.34. The molecule has 2 aromatic rings. The number of hydrogen-bond donors (Lipinski definition) is 1. The van der Waals surface area contributed by atoms with Gasteiger partial charge in [-0.1, -0.05) is 29.8 Å². The summed E-state index contributed by atoms with van der Waals surface area (Å²) in [6, 6.07) is 11.3. The van der Waals surface area contributed by atoms with Crippen LogP contribution >= 0.6 is 0 Å². The fraction of sp³-hybridized carbons (Fsp3) is 0.368. The molecule has 7 nitrogen and oxygen atoms in total. The Morgan fingerprint density at radius 3 is 2.77 bits per heavy atom. The molecule has 1 N–H and O–H groups in total. The van der Waals surface area contributed by atoms with Crippen molar-refractivity contribution in [3.63, 3.8) is 0 Å². The molecule has 2 atom stereocenters. The van der Waals surface area contributed by atoms with Crippen molar-refractivity contribution in [3.05, 3.63) is 47.7 Å². The zero-order valence-electron chi connectivity index (χ0n) is 14.8. The summed E-state index contributed by atoms with van der Waals surface area (Å²) >= 11 is 0. The normalized spacial score (nSPS) is 19.9. The third-order valence-electron chi connectivity index (χ3n) is 4.74. The summed E-state index contributed by atoms with van der Waals surface area (Å²) in [7, 11) is 1.74. The average Bonchev–Trinajstić information content (AvgIpc) is 3.05. The molecular weight excluding hydrogens is 330 g/mol. The second-order valence-corrected chi connectivity index (χ2v) is 6.55. The molecular formula is C19H21N5O2. The summed E-state index contributed by atoms with van der Waals surface area (Å²) < 4.78 is 1.46. The summed E-state index contributed by atoms with van der Waals surface area (Å²) in [6.45, 7) is 2.13. The topological polar surface area (TPSA) is 91.0 Å². The molecule has 0 bridgehead atoms. The van der Waals surface area contributed by atoms with Crippen LogP contribution in [0.4, 0.5) is 5.82 Å². The minimum atomic E-state index is -0.360. The molecule has 1 saturated heterocycles.